The maximum atomic E-state index is 4.42. The molecule has 124 valence electrons. The standard InChI is InChI=1S/C25H24/c1-20-21(2)24-17-8-5-3-4-7-13-22(20)14-9-6-10-15-23-16-11-12-18-25(23)19-24/h3,5-7,10-18H,2,4,8,19H2,1H3/b5-3-,13-7-,15-10+,22-20+,24-17-. The molecule has 1 aromatic rings. The quantitative estimate of drug-likeness (QED) is 0.369. The van der Waals surface area contributed by atoms with Crippen LogP contribution in [0.4, 0.5) is 0 Å². The first-order valence-electron chi connectivity index (χ1n) is 8.84. The Hall–Kier alpha value is -2.82. The summed E-state index contributed by atoms with van der Waals surface area (Å²) >= 11 is 0. The lowest BCUT2D eigenvalue weighted by Gasteiger charge is -2.15. The van der Waals surface area contributed by atoms with Gasteiger partial charge in [-0.05, 0) is 71.8 Å². The number of fused-ring (bicyclic) bond motifs is 3. The van der Waals surface area contributed by atoms with Crippen LogP contribution in [-0.4, -0.2) is 0 Å². The van der Waals surface area contributed by atoms with Gasteiger partial charge in [0.05, 0.1) is 0 Å². The van der Waals surface area contributed by atoms with E-state index in [-0.39, 0.29) is 0 Å². The van der Waals surface area contributed by atoms with Crippen LogP contribution in [0.1, 0.15) is 30.9 Å². The Morgan fingerprint density at radius 2 is 1.84 bits per heavy atom. The third kappa shape index (κ3) is 4.38. The van der Waals surface area contributed by atoms with E-state index in [1.165, 1.54) is 27.8 Å². The zero-order valence-corrected chi connectivity index (χ0v) is 14.8. The van der Waals surface area contributed by atoms with Gasteiger partial charge in [0.15, 0.2) is 0 Å². The summed E-state index contributed by atoms with van der Waals surface area (Å²) in [6, 6.07) is 8.58. The van der Waals surface area contributed by atoms with Crippen molar-refractivity contribution in [3.05, 3.63) is 119 Å². The molecule has 0 heterocycles. The predicted octanol–water partition coefficient (Wildman–Crippen LogP) is 6.67. The van der Waals surface area contributed by atoms with E-state index in [2.05, 4.69) is 86.0 Å². The van der Waals surface area contributed by atoms with Crippen LogP contribution in [0.5, 0.6) is 0 Å². The third-order valence-electron chi connectivity index (χ3n) is 4.65. The molecule has 0 fully saturated rings. The summed E-state index contributed by atoms with van der Waals surface area (Å²) in [5, 5.41) is 0. The molecule has 0 unspecified atom stereocenters. The molecule has 0 heteroatoms. The zero-order valence-electron chi connectivity index (χ0n) is 14.8. The van der Waals surface area contributed by atoms with Crippen molar-refractivity contribution in [2.45, 2.75) is 26.2 Å². The van der Waals surface area contributed by atoms with Crippen LogP contribution in [0.15, 0.2) is 107 Å². The van der Waals surface area contributed by atoms with Crippen LogP contribution < -0.4 is 0 Å². The van der Waals surface area contributed by atoms with Gasteiger partial charge in [0, 0.05) is 0 Å². The van der Waals surface area contributed by atoms with Crippen LogP contribution in [0.25, 0.3) is 6.08 Å². The number of hydrogen-bond acceptors (Lipinski definition) is 0. The monoisotopic (exact) mass is 324 g/mol. The first-order chi connectivity index (χ1) is 12.3. The largest absolute Gasteiger partial charge is 0.120 e. The molecule has 0 aliphatic heterocycles. The van der Waals surface area contributed by atoms with Crippen molar-refractivity contribution in [2.75, 3.05) is 0 Å². The summed E-state index contributed by atoms with van der Waals surface area (Å²) in [5.74, 6) is 0. The van der Waals surface area contributed by atoms with E-state index in [0.29, 0.717) is 0 Å². The number of rotatable bonds is 0. The summed E-state index contributed by atoms with van der Waals surface area (Å²) < 4.78 is 0. The molecule has 0 aromatic heterocycles. The van der Waals surface area contributed by atoms with Crippen molar-refractivity contribution in [2.24, 2.45) is 0 Å². The number of benzene rings is 1. The molecule has 0 amide bonds. The second-order valence-electron chi connectivity index (χ2n) is 6.35. The normalized spacial score (nSPS) is 26.4. The fourth-order valence-electron chi connectivity index (χ4n) is 3.08. The molecule has 0 saturated heterocycles. The Bertz CT molecular complexity index is 872. The van der Waals surface area contributed by atoms with E-state index in [9.17, 15) is 0 Å². The summed E-state index contributed by atoms with van der Waals surface area (Å²) in [6.45, 7) is 6.58. The molecule has 0 N–H and O–H groups in total. The Morgan fingerprint density at radius 3 is 2.76 bits per heavy atom. The maximum absolute atomic E-state index is 4.42. The lowest BCUT2D eigenvalue weighted by Crippen LogP contribution is -1.99. The van der Waals surface area contributed by atoms with E-state index < -0.39 is 0 Å². The highest BCUT2D eigenvalue weighted by Gasteiger charge is 2.11. The Kier molecular flexibility index (Phi) is 5.67. The lowest BCUT2D eigenvalue weighted by molar-refractivity contribution is 1.12. The van der Waals surface area contributed by atoms with Crippen molar-refractivity contribution >= 4 is 6.08 Å². The second kappa shape index (κ2) is 8.33. The van der Waals surface area contributed by atoms with Crippen LogP contribution in [-0.2, 0) is 6.42 Å². The van der Waals surface area contributed by atoms with Gasteiger partial charge in [0.1, 0.15) is 0 Å². The molecular weight excluding hydrogens is 300 g/mol. The molecule has 0 saturated carbocycles. The van der Waals surface area contributed by atoms with Gasteiger partial charge in [-0.2, -0.15) is 0 Å². The van der Waals surface area contributed by atoms with Gasteiger partial charge in [-0.25, -0.2) is 0 Å². The van der Waals surface area contributed by atoms with Gasteiger partial charge < -0.3 is 0 Å². The van der Waals surface area contributed by atoms with Crippen LogP contribution in [0.3, 0.4) is 0 Å². The van der Waals surface area contributed by atoms with E-state index in [4.69, 9.17) is 0 Å². The third-order valence-corrected chi connectivity index (χ3v) is 4.65. The van der Waals surface area contributed by atoms with Gasteiger partial charge in [0.25, 0.3) is 0 Å². The molecule has 2 aliphatic rings. The zero-order chi connectivity index (χ0) is 17.5. The maximum Gasteiger partial charge on any atom is -0.00171 e. The molecule has 0 radical (unpaired) electrons. The van der Waals surface area contributed by atoms with Crippen molar-refractivity contribution in [3.63, 3.8) is 0 Å². The fraction of sp³-hybridized carbons (Fsp3) is 0.160. The predicted molar refractivity (Wildman–Crippen MR) is 109 cm³/mol. The van der Waals surface area contributed by atoms with Crippen LogP contribution in [0.2, 0.25) is 0 Å². The minimum absolute atomic E-state index is 0.898. The highest BCUT2D eigenvalue weighted by atomic mass is 14.2. The lowest BCUT2D eigenvalue weighted by atomic mass is 9.89. The van der Waals surface area contributed by atoms with Crippen molar-refractivity contribution in [1.82, 2.24) is 0 Å². The smallest absolute Gasteiger partial charge is 0.00171 e. The average Bonchev–Trinajstić information content (AvgIpc) is 2.65. The number of allylic oxidation sites excluding steroid dienone is 11. The summed E-state index contributed by atoms with van der Waals surface area (Å²) in [6.07, 6.45) is 22.2. The molecule has 0 atom stereocenters. The highest BCUT2D eigenvalue weighted by molar-refractivity contribution is 5.59. The summed E-state index contributed by atoms with van der Waals surface area (Å²) in [4.78, 5) is 0. The minimum Gasteiger partial charge on any atom is -0.120 e. The number of hydrogen-bond donors (Lipinski definition) is 0. The molecule has 0 spiro atoms. The molecule has 3 rings (SSSR count). The Morgan fingerprint density at radius 1 is 1.00 bits per heavy atom. The van der Waals surface area contributed by atoms with Crippen molar-refractivity contribution in [3.8, 4) is 0 Å². The van der Waals surface area contributed by atoms with Crippen LogP contribution >= 0.6 is 0 Å². The van der Waals surface area contributed by atoms with Crippen molar-refractivity contribution in [1.29, 1.82) is 0 Å². The minimum atomic E-state index is 0.898. The fourth-order valence-corrected chi connectivity index (χ4v) is 3.08. The molecular formula is C25H24. The van der Waals surface area contributed by atoms with Gasteiger partial charge in [-0.3, -0.25) is 0 Å². The van der Waals surface area contributed by atoms with E-state index in [1.807, 2.05) is 12.2 Å². The molecule has 1 aromatic carbocycles. The van der Waals surface area contributed by atoms with E-state index >= 15 is 0 Å². The SMILES string of the molecule is C=C1/C2=C\C/C=C\C/C=C\C(=C/1C)C=C=C/C=C/c1ccccc1C2. The highest BCUT2D eigenvalue weighted by Crippen LogP contribution is 2.27. The first-order valence-corrected chi connectivity index (χ1v) is 8.84. The molecule has 0 nitrogen and oxygen atoms in total. The van der Waals surface area contributed by atoms with Crippen LogP contribution in [0, 0.1) is 0 Å². The summed E-state index contributed by atoms with van der Waals surface area (Å²) in [7, 11) is 0. The molecule has 25 heavy (non-hydrogen) atoms. The Balaban J connectivity index is 2.19. The molecule has 2 aliphatic carbocycles. The Labute approximate surface area is 151 Å². The second-order valence-corrected chi connectivity index (χ2v) is 6.35. The van der Waals surface area contributed by atoms with Gasteiger partial charge in [0.2, 0.25) is 0 Å². The van der Waals surface area contributed by atoms with E-state index in [0.717, 1.165) is 24.8 Å². The van der Waals surface area contributed by atoms with Gasteiger partial charge in [-0.15, -0.1) is 5.73 Å². The average molecular weight is 324 g/mol. The first kappa shape index (κ1) is 17.0. The van der Waals surface area contributed by atoms with E-state index in [1.54, 1.807) is 0 Å². The van der Waals surface area contributed by atoms with Gasteiger partial charge >= 0.3 is 0 Å². The summed E-state index contributed by atoms with van der Waals surface area (Å²) in [5.41, 5.74) is 10.7. The topological polar surface area (TPSA) is 0 Å². The van der Waals surface area contributed by atoms with Gasteiger partial charge in [-0.1, -0.05) is 73.4 Å². The van der Waals surface area contributed by atoms with Crippen molar-refractivity contribution < 1.29 is 0 Å². The molecule has 2 bridgehead atoms.